The smallest absolute Gasteiger partial charge is 0.0431 e. The third kappa shape index (κ3) is 24.9. The van der Waals surface area contributed by atoms with Gasteiger partial charge in [0.2, 0.25) is 0 Å². The first-order chi connectivity index (χ1) is 3.77. The maximum Gasteiger partial charge on any atom is 0.0431 e. The quantitative estimate of drug-likeness (QED) is 0.578. The van der Waals surface area contributed by atoms with Crippen molar-refractivity contribution in [3.05, 3.63) is 0 Å². The van der Waals surface area contributed by atoms with Crippen molar-refractivity contribution in [1.82, 2.24) is 0 Å². The summed E-state index contributed by atoms with van der Waals surface area (Å²) in [5, 5.41) is 8.38. The number of aliphatic hydroxyl groups is 1. The Labute approximate surface area is 87.6 Å². The van der Waals surface area contributed by atoms with Crippen LogP contribution in [0.25, 0.3) is 0 Å². The molecule has 0 aliphatic carbocycles. The summed E-state index contributed by atoms with van der Waals surface area (Å²) in [5.41, 5.74) is 0. The van der Waals surface area contributed by atoms with Gasteiger partial charge in [0.15, 0.2) is 0 Å². The van der Waals surface area contributed by atoms with Gasteiger partial charge in [-0.15, -0.1) is 0 Å². The molecule has 70 valence electrons. The van der Waals surface area contributed by atoms with Crippen molar-refractivity contribution in [2.45, 2.75) is 33.1 Å². The fraction of sp³-hybridized carbons (Fsp3) is 1.00. The molecular formula is C7H20HfO3. The molecule has 0 aromatic carbocycles. The first-order valence-electron chi connectivity index (χ1n) is 3.38. The van der Waals surface area contributed by atoms with Crippen LogP contribution in [0.4, 0.5) is 0 Å². The van der Waals surface area contributed by atoms with Gasteiger partial charge in [-0.3, -0.25) is 0 Å². The van der Waals surface area contributed by atoms with Crippen LogP contribution in [-0.4, -0.2) is 22.7 Å². The molecule has 0 spiro atoms. The average molecular weight is 331 g/mol. The summed E-state index contributed by atoms with van der Waals surface area (Å²) in [5.74, 6) is 0.793. The van der Waals surface area contributed by atoms with Gasteiger partial charge in [0.05, 0.1) is 0 Å². The Kier molecular flexibility index (Phi) is 35.0. The summed E-state index contributed by atoms with van der Waals surface area (Å²) in [6, 6.07) is 0. The molecule has 0 amide bonds. The molecule has 4 heteroatoms. The monoisotopic (exact) mass is 332 g/mol. The SMILES string of the molecule is CC(C)CCCCO.O.O.[Hf]. The van der Waals surface area contributed by atoms with Crippen LogP contribution >= 0.6 is 0 Å². The zero-order chi connectivity index (χ0) is 6.41. The molecule has 0 fully saturated rings. The van der Waals surface area contributed by atoms with Gasteiger partial charge >= 0.3 is 0 Å². The van der Waals surface area contributed by atoms with Gasteiger partial charge < -0.3 is 16.1 Å². The van der Waals surface area contributed by atoms with E-state index in [9.17, 15) is 0 Å². The second-order valence-electron chi connectivity index (χ2n) is 2.61. The number of aliphatic hydroxyl groups excluding tert-OH is 1. The molecule has 0 aromatic heterocycles. The van der Waals surface area contributed by atoms with E-state index in [1.54, 1.807) is 0 Å². The molecule has 0 saturated heterocycles. The van der Waals surface area contributed by atoms with Gasteiger partial charge in [0.25, 0.3) is 0 Å². The summed E-state index contributed by atoms with van der Waals surface area (Å²) in [4.78, 5) is 0. The fourth-order valence-corrected chi connectivity index (χ4v) is 0.664. The van der Waals surface area contributed by atoms with Crippen molar-refractivity contribution in [2.24, 2.45) is 5.92 Å². The van der Waals surface area contributed by atoms with Gasteiger partial charge in [-0.05, 0) is 12.3 Å². The predicted octanol–water partition coefficient (Wildman–Crippen LogP) is 0.153. The molecule has 0 heterocycles. The molecular weight excluding hydrogens is 311 g/mol. The minimum atomic E-state index is 0. The predicted molar refractivity (Wildman–Crippen MR) is 43.0 cm³/mol. The third-order valence-corrected chi connectivity index (χ3v) is 1.19. The second-order valence-corrected chi connectivity index (χ2v) is 2.61. The summed E-state index contributed by atoms with van der Waals surface area (Å²) in [6.45, 7) is 4.77. The van der Waals surface area contributed by atoms with E-state index in [1.165, 1.54) is 12.8 Å². The Morgan fingerprint density at radius 2 is 1.55 bits per heavy atom. The molecule has 0 atom stereocenters. The van der Waals surface area contributed by atoms with Crippen molar-refractivity contribution in [2.75, 3.05) is 6.61 Å². The Bertz CT molecular complexity index is 51.0. The van der Waals surface area contributed by atoms with Crippen LogP contribution in [-0.2, 0) is 25.8 Å². The van der Waals surface area contributed by atoms with Crippen molar-refractivity contribution in [3.8, 4) is 0 Å². The van der Waals surface area contributed by atoms with Crippen molar-refractivity contribution < 1.29 is 41.9 Å². The van der Waals surface area contributed by atoms with E-state index in [4.69, 9.17) is 5.11 Å². The molecule has 0 unspecified atom stereocenters. The summed E-state index contributed by atoms with van der Waals surface area (Å²) >= 11 is 0. The van der Waals surface area contributed by atoms with Crippen molar-refractivity contribution in [1.29, 1.82) is 0 Å². The van der Waals surface area contributed by atoms with E-state index in [0.29, 0.717) is 6.61 Å². The van der Waals surface area contributed by atoms with Crippen LogP contribution < -0.4 is 0 Å². The maximum absolute atomic E-state index is 8.38. The van der Waals surface area contributed by atoms with E-state index in [2.05, 4.69) is 13.8 Å². The van der Waals surface area contributed by atoms with Gasteiger partial charge in [0.1, 0.15) is 0 Å². The van der Waals surface area contributed by atoms with E-state index in [-0.39, 0.29) is 36.8 Å². The molecule has 11 heavy (non-hydrogen) atoms. The van der Waals surface area contributed by atoms with Gasteiger partial charge in [-0.2, -0.15) is 0 Å². The maximum atomic E-state index is 8.38. The normalized spacial score (nSPS) is 7.64. The van der Waals surface area contributed by atoms with E-state index >= 15 is 0 Å². The molecule has 0 aliphatic heterocycles. The van der Waals surface area contributed by atoms with Crippen LogP contribution in [0.5, 0.6) is 0 Å². The van der Waals surface area contributed by atoms with Gasteiger partial charge in [0, 0.05) is 32.5 Å². The number of rotatable bonds is 4. The van der Waals surface area contributed by atoms with Crippen LogP contribution in [0.1, 0.15) is 33.1 Å². The standard InChI is InChI=1S/C7H16O.Hf.2H2O/c1-7(2)5-3-4-6-8;;;/h7-8H,3-6H2,1-2H3;;2*1H2. The van der Waals surface area contributed by atoms with Gasteiger partial charge in [-0.25, -0.2) is 0 Å². The van der Waals surface area contributed by atoms with E-state index in [0.717, 1.165) is 12.3 Å². The third-order valence-electron chi connectivity index (χ3n) is 1.19. The average Bonchev–Trinajstić information content (AvgIpc) is 1.66. The second kappa shape index (κ2) is 17.0. The zero-order valence-corrected chi connectivity index (χ0v) is 10.9. The minimum Gasteiger partial charge on any atom is -0.412 e. The molecule has 3 nitrogen and oxygen atoms in total. The first kappa shape index (κ1) is 22.6. The van der Waals surface area contributed by atoms with Gasteiger partial charge in [-0.1, -0.05) is 26.7 Å². The Morgan fingerprint density at radius 3 is 1.82 bits per heavy atom. The topological polar surface area (TPSA) is 83.2 Å². The van der Waals surface area contributed by atoms with Crippen LogP contribution in [0, 0.1) is 5.92 Å². The Morgan fingerprint density at radius 1 is 1.09 bits per heavy atom. The molecule has 0 aromatic rings. The van der Waals surface area contributed by atoms with E-state index < -0.39 is 0 Å². The van der Waals surface area contributed by atoms with Crippen molar-refractivity contribution >= 4 is 0 Å². The summed E-state index contributed by atoms with van der Waals surface area (Å²) in [6.07, 6.45) is 3.40. The fourth-order valence-electron chi connectivity index (χ4n) is 0.664. The summed E-state index contributed by atoms with van der Waals surface area (Å²) < 4.78 is 0. The number of unbranched alkanes of at least 4 members (excludes halogenated alkanes) is 1. The number of hydrogen-bond acceptors (Lipinski definition) is 1. The molecule has 0 radical (unpaired) electrons. The van der Waals surface area contributed by atoms with Crippen LogP contribution in [0.2, 0.25) is 0 Å². The van der Waals surface area contributed by atoms with E-state index in [1.807, 2.05) is 0 Å². The molecule has 5 N–H and O–H groups in total. The molecule has 0 aliphatic rings. The van der Waals surface area contributed by atoms with Crippen LogP contribution in [0.3, 0.4) is 0 Å². The Hall–Kier alpha value is 0.750. The molecule has 0 saturated carbocycles. The summed E-state index contributed by atoms with van der Waals surface area (Å²) in [7, 11) is 0. The van der Waals surface area contributed by atoms with Crippen LogP contribution in [0.15, 0.2) is 0 Å². The Balaban J connectivity index is -0.0000000817. The number of hydrogen-bond donors (Lipinski definition) is 1. The largest absolute Gasteiger partial charge is 0.412 e. The first-order valence-corrected chi connectivity index (χ1v) is 3.38. The zero-order valence-electron chi connectivity index (χ0n) is 7.35. The molecule has 0 rings (SSSR count). The van der Waals surface area contributed by atoms with Crippen molar-refractivity contribution in [3.63, 3.8) is 0 Å². The minimum absolute atomic E-state index is 0. The molecule has 0 bridgehead atoms.